The summed E-state index contributed by atoms with van der Waals surface area (Å²) < 4.78 is 16.2. The van der Waals surface area contributed by atoms with Crippen molar-refractivity contribution in [2.24, 2.45) is 5.92 Å². The van der Waals surface area contributed by atoms with Crippen LogP contribution in [0.3, 0.4) is 0 Å². The van der Waals surface area contributed by atoms with E-state index in [1.54, 1.807) is 14.2 Å². The SMILES string of the molecule is COc1ccc(CCC(C)NC(=O)C2COc3ccc(OC)cc3C2)cc1. The number of aryl methyl sites for hydroxylation is 1. The van der Waals surface area contributed by atoms with Gasteiger partial charge >= 0.3 is 0 Å². The van der Waals surface area contributed by atoms with E-state index in [-0.39, 0.29) is 17.9 Å². The van der Waals surface area contributed by atoms with Gasteiger partial charge in [-0.25, -0.2) is 0 Å². The van der Waals surface area contributed by atoms with E-state index >= 15 is 0 Å². The summed E-state index contributed by atoms with van der Waals surface area (Å²) in [6.45, 7) is 2.46. The fraction of sp³-hybridized carbons (Fsp3) is 0.409. The Morgan fingerprint density at radius 2 is 1.85 bits per heavy atom. The second-order valence-corrected chi connectivity index (χ2v) is 6.98. The molecule has 1 N–H and O–H groups in total. The van der Waals surface area contributed by atoms with Crippen LogP contribution < -0.4 is 19.5 Å². The molecule has 0 saturated heterocycles. The number of methoxy groups -OCH3 is 2. The lowest BCUT2D eigenvalue weighted by Crippen LogP contribution is -2.41. The van der Waals surface area contributed by atoms with E-state index in [2.05, 4.69) is 17.4 Å². The molecular formula is C22H27NO4. The minimum Gasteiger partial charge on any atom is -0.497 e. The van der Waals surface area contributed by atoms with Crippen molar-refractivity contribution < 1.29 is 19.0 Å². The normalized spacial score (nSPS) is 16.6. The van der Waals surface area contributed by atoms with Gasteiger partial charge in [-0.05, 0) is 67.6 Å². The average molecular weight is 369 g/mol. The highest BCUT2D eigenvalue weighted by atomic mass is 16.5. The Labute approximate surface area is 160 Å². The average Bonchev–Trinajstić information content (AvgIpc) is 2.71. The summed E-state index contributed by atoms with van der Waals surface area (Å²) in [6, 6.07) is 13.9. The van der Waals surface area contributed by atoms with Crippen LogP contribution in [-0.2, 0) is 17.6 Å². The lowest BCUT2D eigenvalue weighted by molar-refractivity contribution is -0.126. The first kappa shape index (κ1) is 19.1. The van der Waals surface area contributed by atoms with Gasteiger partial charge in [-0.2, -0.15) is 0 Å². The van der Waals surface area contributed by atoms with Crippen molar-refractivity contribution >= 4 is 5.91 Å². The second-order valence-electron chi connectivity index (χ2n) is 6.98. The number of rotatable bonds is 7. The molecule has 5 heteroatoms. The Hall–Kier alpha value is -2.69. The van der Waals surface area contributed by atoms with Crippen molar-refractivity contribution in [3.63, 3.8) is 0 Å². The van der Waals surface area contributed by atoms with E-state index < -0.39 is 0 Å². The molecule has 1 aliphatic rings. The molecule has 2 unspecified atom stereocenters. The third kappa shape index (κ3) is 4.94. The van der Waals surface area contributed by atoms with Crippen molar-refractivity contribution in [3.8, 4) is 17.2 Å². The van der Waals surface area contributed by atoms with Gasteiger partial charge in [0, 0.05) is 6.04 Å². The number of nitrogens with one attached hydrogen (secondary N) is 1. The van der Waals surface area contributed by atoms with Crippen LogP contribution >= 0.6 is 0 Å². The summed E-state index contributed by atoms with van der Waals surface area (Å²) in [5, 5.41) is 3.13. The minimum atomic E-state index is -0.173. The van der Waals surface area contributed by atoms with Gasteiger partial charge in [0.1, 0.15) is 23.9 Å². The van der Waals surface area contributed by atoms with Crippen molar-refractivity contribution in [3.05, 3.63) is 53.6 Å². The highest BCUT2D eigenvalue weighted by Crippen LogP contribution is 2.30. The topological polar surface area (TPSA) is 56.8 Å². The van der Waals surface area contributed by atoms with Gasteiger partial charge in [0.2, 0.25) is 5.91 Å². The number of fused-ring (bicyclic) bond motifs is 1. The molecule has 5 nitrogen and oxygen atoms in total. The highest BCUT2D eigenvalue weighted by molar-refractivity contribution is 5.80. The molecule has 0 radical (unpaired) electrons. The van der Waals surface area contributed by atoms with Crippen LogP contribution in [0.4, 0.5) is 0 Å². The maximum Gasteiger partial charge on any atom is 0.227 e. The van der Waals surface area contributed by atoms with E-state index in [0.717, 1.165) is 35.7 Å². The van der Waals surface area contributed by atoms with E-state index in [9.17, 15) is 4.79 Å². The summed E-state index contributed by atoms with van der Waals surface area (Å²) >= 11 is 0. The first-order valence-electron chi connectivity index (χ1n) is 9.32. The zero-order valence-electron chi connectivity index (χ0n) is 16.2. The molecule has 0 fully saturated rings. The van der Waals surface area contributed by atoms with Crippen LogP contribution in [0.15, 0.2) is 42.5 Å². The number of ether oxygens (including phenoxy) is 3. The first-order valence-corrected chi connectivity index (χ1v) is 9.32. The molecule has 2 aromatic rings. The standard InChI is InChI=1S/C22H27NO4/c1-15(4-5-16-6-8-19(25-2)9-7-16)23-22(24)18-12-17-13-20(26-3)10-11-21(17)27-14-18/h6-11,13,15,18H,4-5,12,14H2,1-3H3,(H,23,24). The van der Waals surface area contributed by atoms with Gasteiger partial charge in [0.25, 0.3) is 0 Å². The van der Waals surface area contributed by atoms with Crippen molar-refractivity contribution in [1.29, 1.82) is 0 Å². The van der Waals surface area contributed by atoms with Crippen LogP contribution in [0.2, 0.25) is 0 Å². The Balaban J connectivity index is 1.50. The molecule has 1 amide bonds. The monoisotopic (exact) mass is 369 g/mol. The Morgan fingerprint density at radius 1 is 1.15 bits per heavy atom. The van der Waals surface area contributed by atoms with Gasteiger partial charge in [-0.15, -0.1) is 0 Å². The highest BCUT2D eigenvalue weighted by Gasteiger charge is 2.27. The number of hydrogen-bond acceptors (Lipinski definition) is 4. The third-order valence-corrected chi connectivity index (χ3v) is 4.96. The number of amides is 1. The van der Waals surface area contributed by atoms with Crippen LogP contribution in [0.25, 0.3) is 0 Å². The number of carbonyl (C=O) groups excluding carboxylic acids is 1. The Bertz CT molecular complexity index is 772. The lowest BCUT2D eigenvalue weighted by atomic mass is 9.95. The van der Waals surface area contributed by atoms with Gasteiger partial charge in [0.05, 0.1) is 20.1 Å². The third-order valence-electron chi connectivity index (χ3n) is 4.96. The fourth-order valence-corrected chi connectivity index (χ4v) is 3.27. The van der Waals surface area contributed by atoms with E-state index in [1.165, 1.54) is 5.56 Å². The summed E-state index contributed by atoms with van der Waals surface area (Å²) in [7, 11) is 3.30. The van der Waals surface area contributed by atoms with Gasteiger partial charge < -0.3 is 19.5 Å². The molecule has 2 aromatic carbocycles. The molecule has 1 heterocycles. The predicted octanol–water partition coefficient (Wildman–Crippen LogP) is 3.39. The molecular weight excluding hydrogens is 342 g/mol. The quantitative estimate of drug-likeness (QED) is 0.813. The Kier molecular flexibility index (Phi) is 6.22. The summed E-state index contributed by atoms with van der Waals surface area (Å²) in [5.41, 5.74) is 2.26. The van der Waals surface area contributed by atoms with Gasteiger partial charge in [0.15, 0.2) is 0 Å². The van der Waals surface area contributed by atoms with Crippen LogP contribution in [-0.4, -0.2) is 32.8 Å². The lowest BCUT2D eigenvalue weighted by Gasteiger charge is -2.26. The fourth-order valence-electron chi connectivity index (χ4n) is 3.27. The summed E-state index contributed by atoms with van der Waals surface area (Å²) in [6.07, 6.45) is 2.46. The molecule has 0 aromatic heterocycles. The smallest absolute Gasteiger partial charge is 0.227 e. The van der Waals surface area contributed by atoms with E-state index in [0.29, 0.717) is 13.0 Å². The van der Waals surface area contributed by atoms with E-state index in [1.807, 2.05) is 37.3 Å². The number of benzene rings is 2. The zero-order chi connectivity index (χ0) is 19.2. The van der Waals surface area contributed by atoms with Crippen molar-refractivity contribution in [1.82, 2.24) is 5.32 Å². The summed E-state index contributed by atoms with van der Waals surface area (Å²) in [5.74, 6) is 2.35. The molecule has 0 spiro atoms. The summed E-state index contributed by atoms with van der Waals surface area (Å²) in [4.78, 5) is 12.6. The molecule has 0 saturated carbocycles. The van der Waals surface area contributed by atoms with Crippen LogP contribution in [0, 0.1) is 5.92 Å². The number of carbonyl (C=O) groups is 1. The molecule has 27 heavy (non-hydrogen) atoms. The minimum absolute atomic E-state index is 0.0469. The molecule has 144 valence electrons. The molecule has 3 rings (SSSR count). The molecule has 0 aliphatic carbocycles. The van der Waals surface area contributed by atoms with Crippen molar-refractivity contribution in [2.75, 3.05) is 20.8 Å². The number of hydrogen-bond donors (Lipinski definition) is 1. The Morgan fingerprint density at radius 3 is 2.56 bits per heavy atom. The largest absolute Gasteiger partial charge is 0.497 e. The van der Waals surface area contributed by atoms with E-state index in [4.69, 9.17) is 14.2 Å². The predicted molar refractivity (Wildman–Crippen MR) is 105 cm³/mol. The molecule has 1 aliphatic heterocycles. The second kappa shape index (κ2) is 8.80. The van der Waals surface area contributed by atoms with Crippen LogP contribution in [0.1, 0.15) is 24.5 Å². The maximum atomic E-state index is 12.6. The van der Waals surface area contributed by atoms with Crippen LogP contribution in [0.5, 0.6) is 17.2 Å². The maximum absolute atomic E-state index is 12.6. The molecule has 0 bridgehead atoms. The van der Waals surface area contributed by atoms with Gasteiger partial charge in [-0.3, -0.25) is 4.79 Å². The van der Waals surface area contributed by atoms with Crippen molar-refractivity contribution in [2.45, 2.75) is 32.2 Å². The first-order chi connectivity index (χ1) is 13.1. The molecule has 2 atom stereocenters. The van der Waals surface area contributed by atoms with Gasteiger partial charge in [-0.1, -0.05) is 12.1 Å². The zero-order valence-corrected chi connectivity index (χ0v) is 16.2.